The molecule has 90 valence electrons. The Morgan fingerprint density at radius 3 is 2.56 bits per heavy atom. The Bertz CT molecular complexity index is 369. The first-order valence-corrected chi connectivity index (χ1v) is 6.47. The fourth-order valence-electron chi connectivity index (χ4n) is 1.58. The molecule has 0 aliphatic rings. The van der Waals surface area contributed by atoms with E-state index in [1.54, 1.807) is 6.20 Å². The van der Waals surface area contributed by atoms with Crippen LogP contribution < -0.4 is 0 Å². The Hall–Kier alpha value is -0.640. The highest BCUT2D eigenvalue weighted by Crippen LogP contribution is 2.21. The van der Waals surface area contributed by atoms with Gasteiger partial charge in [0.05, 0.1) is 16.4 Å². The van der Waals surface area contributed by atoms with E-state index >= 15 is 0 Å². The Morgan fingerprint density at radius 1 is 1.44 bits per heavy atom. The summed E-state index contributed by atoms with van der Waals surface area (Å²) in [6.45, 7) is 8.06. The highest BCUT2D eigenvalue weighted by Gasteiger charge is 2.14. The molecule has 1 rings (SSSR count). The van der Waals surface area contributed by atoms with Crippen LogP contribution in [0.4, 0.5) is 0 Å². The zero-order valence-corrected chi connectivity index (χ0v) is 11.9. The molecule has 0 bridgehead atoms. The third-order valence-electron chi connectivity index (χ3n) is 2.59. The van der Waals surface area contributed by atoms with Crippen molar-refractivity contribution in [2.45, 2.75) is 46.6 Å². The van der Waals surface area contributed by atoms with Crippen LogP contribution in [0.3, 0.4) is 0 Å². The third kappa shape index (κ3) is 3.17. The van der Waals surface area contributed by atoms with Gasteiger partial charge in [-0.3, -0.25) is 9.48 Å². The van der Waals surface area contributed by atoms with Gasteiger partial charge in [-0.1, -0.05) is 13.8 Å². The molecule has 0 radical (unpaired) electrons. The highest BCUT2D eigenvalue weighted by molar-refractivity contribution is 9.10. The van der Waals surface area contributed by atoms with Crippen LogP contribution in [0, 0.1) is 5.92 Å². The summed E-state index contributed by atoms with van der Waals surface area (Å²) in [6, 6.07) is 0.329. The number of nitrogens with zero attached hydrogens (tertiary/aromatic N) is 2. The summed E-state index contributed by atoms with van der Waals surface area (Å²) in [4.78, 5) is 11.6. The van der Waals surface area contributed by atoms with Gasteiger partial charge in [0.2, 0.25) is 0 Å². The van der Waals surface area contributed by atoms with Gasteiger partial charge >= 0.3 is 0 Å². The van der Waals surface area contributed by atoms with E-state index in [0.717, 1.165) is 16.6 Å². The van der Waals surface area contributed by atoms with Crippen molar-refractivity contribution in [2.24, 2.45) is 5.92 Å². The summed E-state index contributed by atoms with van der Waals surface area (Å²) in [5.74, 6) is 0.428. The Morgan fingerprint density at radius 2 is 2.06 bits per heavy atom. The van der Waals surface area contributed by atoms with E-state index in [1.807, 2.05) is 18.5 Å². The van der Waals surface area contributed by atoms with Gasteiger partial charge in [0, 0.05) is 18.4 Å². The maximum absolute atomic E-state index is 11.6. The van der Waals surface area contributed by atoms with Gasteiger partial charge in [-0.05, 0) is 36.2 Å². The maximum atomic E-state index is 11.6. The number of carbonyl (C=O) groups is 1. The van der Waals surface area contributed by atoms with Crippen molar-refractivity contribution in [3.05, 3.63) is 16.4 Å². The first-order valence-electron chi connectivity index (χ1n) is 5.68. The van der Waals surface area contributed by atoms with Crippen LogP contribution in [0.25, 0.3) is 0 Å². The topological polar surface area (TPSA) is 34.9 Å². The summed E-state index contributed by atoms with van der Waals surface area (Å²) in [5.41, 5.74) is 1.11. The monoisotopic (exact) mass is 286 g/mol. The van der Waals surface area contributed by atoms with E-state index in [9.17, 15) is 4.79 Å². The minimum absolute atomic E-state index is 0.120. The van der Waals surface area contributed by atoms with Gasteiger partial charge < -0.3 is 0 Å². The number of hydrogen-bond acceptors (Lipinski definition) is 2. The molecule has 3 nitrogen and oxygen atoms in total. The van der Waals surface area contributed by atoms with E-state index < -0.39 is 0 Å². The quantitative estimate of drug-likeness (QED) is 0.832. The molecular weight excluding hydrogens is 268 g/mol. The van der Waals surface area contributed by atoms with Crippen LogP contribution in [0.5, 0.6) is 0 Å². The molecule has 0 saturated carbocycles. The average Bonchev–Trinajstić information content (AvgIpc) is 2.56. The molecule has 0 aromatic carbocycles. The largest absolute Gasteiger partial charge is 0.299 e. The van der Waals surface area contributed by atoms with Crippen LogP contribution in [-0.2, 0) is 11.2 Å². The summed E-state index contributed by atoms with van der Waals surface area (Å²) in [7, 11) is 0. The van der Waals surface area contributed by atoms with Gasteiger partial charge in [-0.15, -0.1) is 0 Å². The number of hydrogen-bond donors (Lipinski definition) is 0. The first-order chi connectivity index (χ1) is 7.43. The maximum Gasteiger partial charge on any atom is 0.135 e. The fraction of sp³-hybridized carbons (Fsp3) is 0.667. The third-order valence-corrected chi connectivity index (χ3v) is 3.25. The molecule has 0 saturated heterocycles. The lowest BCUT2D eigenvalue weighted by Gasteiger charge is -2.11. The van der Waals surface area contributed by atoms with Crippen LogP contribution in [-0.4, -0.2) is 15.6 Å². The second kappa shape index (κ2) is 5.62. The zero-order valence-electron chi connectivity index (χ0n) is 10.3. The Labute approximate surface area is 105 Å². The normalized spacial score (nSPS) is 11.4. The van der Waals surface area contributed by atoms with E-state index in [0.29, 0.717) is 18.2 Å². The second-order valence-electron chi connectivity index (χ2n) is 4.60. The van der Waals surface area contributed by atoms with Crippen molar-refractivity contribution in [1.82, 2.24) is 9.78 Å². The molecule has 0 fully saturated rings. The number of aromatic nitrogens is 2. The SMILES string of the molecule is CC(C)C(=O)CCc1c(Br)cnn1C(C)C. The van der Waals surface area contributed by atoms with Crippen LogP contribution in [0.1, 0.15) is 45.9 Å². The van der Waals surface area contributed by atoms with E-state index in [4.69, 9.17) is 0 Å². The number of ketones is 1. The van der Waals surface area contributed by atoms with Crippen LogP contribution >= 0.6 is 15.9 Å². The lowest BCUT2D eigenvalue weighted by Crippen LogP contribution is -2.12. The predicted octanol–water partition coefficient (Wildman–Crippen LogP) is 3.38. The standard InChI is InChI=1S/C12H19BrN2O/c1-8(2)12(16)6-5-11-10(13)7-14-15(11)9(3)4/h7-9H,5-6H2,1-4H3. The molecule has 1 aromatic heterocycles. The highest BCUT2D eigenvalue weighted by atomic mass is 79.9. The predicted molar refractivity (Wildman–Crippen MR) is 68.5 cm³/mol. The minimum atomic E-state index is 0.120. The average molecular weight is 287 g/mol. The molecular formula is C12H19BrN2O. The van der Waals surface area contributed by atoms with Crippen LogP contribution in [0.15, 0.2) is 10.7 Å². The lowest BCUT2D eigenvalue weighted by atomic mass is 10.0. The molecule has 4 heteroatoms. The van der Waals surface area contributed by atoms with Crippen molar-refractivity contribution in [2.75, 3.05) is 0 Å². The molecule has 0 unspecified atom stereocenters. The van der Waals surface area contributed by atoms with Crippen molar-refractivity contribution in [1.29, 1.82) is 0 Å². The fourth-order valence-corrected chi connectivity index (χ4v) is 2.05. The molecule has 0 amide bonds. The summed E-state index contributed by atoms with van der Waals surface area (Å²) >= 11 is 3.48. The smallest absolute Gasteiger partial charge is 0.135 e. The summed E-state index contributed by atoms with van der Waals surface area (Å²) in [6.07, 6.45) is 3.15. The van der Waals surface area contributed by atoms with E-state index in [1.165, 1.54) is 0 Å². The van der Waals surface area contributed by atoms with Crippen molar-refractivity contribution >= 4 is 21.7 Å². The van der Waals surface area contributed by atoms with Gasteiger partial charge in [-0.2, -0.15) is 5.10 Å². The van der Waals surface area contributed by atoms with Crippen molar-refractivity contribution in [3.8, 4) is 0 Å². The second-order valence-corrected chi connectivity index (χ2v) is 5.45. The van der Waals surface area contributed by atoms with Crippen molar-refractivity contribution in [3.63, 3.8) is 0 Å². The molecule has 0 atom stereocenters. The lowest BCUT2D eigenvalue weighted by molar-refractivity contribution is -0.121. The van der Waals surface area contributed by atoms with Gasteiger partial charge in [0.1, 0.15) is 5.78 Å². The number of Topliss-reactive ketones (excluding diaryl/α,β-unsaturated/α-hetero) is 1. The molecule has 1 heterocycles. The molecule has 0 spiro atoms. The number of rotatable bonds is 5. The molecule has 0 aliphatic carbocycles. The van der Waals surface area contributed by atoms with Gasteiger partial charge in [-0.25, -0.2) is 0 Å². The van der Waals surface area contributed by atoms with Crippen molar-refractivity contribution < 1.29 is 4.79 Å². The number of carbonyl (C=O) groups excluding carboxylic acids is 1. The summed E-state index contributed by atoms with van der Waals surface area (Å²) in [5, 5.41) is 4.30. The number of halogens is 1. The van der Waals surface area contributed by atoms with Gasteiger partial charge in [0.15, 0.2) is 0 Å². The van der Waals surface area contributed by atoms with E-state index in [-0.39, 0.29) is 5.92 Å². The first kappa shape index (κ1) is 13.4. The molecule has 16 heavy (non-hydrogen) atoms. The molecule has 0 N–H and O–H groups in total. The molecule has 1 aromatic rings. The minimum Gasteiger partial charge on any atom is -0.299 e. The zero-order chi connectivity index (χ0) is 12.3. The van der Waals surface area contributed by atoms with E-state index in [2.05, 4.69) is 34.9 Å². The summed E-state index contributed by atoms with van der Waals surface area (Å²) < 4.78 is 2.97. The Balaban J connectivity index is 2.73. The molecule has 0 aliphatic heterocycles. The van der Waals surface area contributed by atoms with Gasteiger partial charge in [0.25, 0.3) is 0 Å². The Kier molecular flexibility index (Phi) is 4.71. The van der Waals surface area contributed by atoms with Crippen LogP contribution in [0.2, 0.25) is 0 Å².